The molecule has 0 radical (unpaired) electrons. The van der Waals surface area contributed by atoms with Gasteiger partial charge in [-0.05, 0) is 62.7 Å². The molecule has 148 valence electrons. The molecule has 0 bridgehead atoms. The van der Waals surface area contributed by atoms with E-state index in [9.17, 15) is 0 Å². The van der Waals surface area contributed by atoms with Crippen molar-refractivity contribution in [2.45, 2.75) is 18.8 Å². The van der Waals surface area contributed by atoms with Crippen molar-refractivity contribution in [3.63, 3.8) is 0 Å². The number of hydrogen-bond acceptors (Lipinski definition) is 4. The lowest BCUT2D eigenvalue weighted by Gasteiger charge is -2.28. The molecule has 3 aromatic heterocycles. The van der Waals surface area contributed by atoms with Crippen LogP contribution in [0, 0.1) is 0 Å². The molecule has 0 unspecified atom stereocenters. The Labute approximate surface area is 178 Å². The molecule has 1 saturated heterocycles. The van der Waals surface area contributed by atoms with E-state index >= 15 is 0 Å². The van der Waals surface area contributed by atoms with E-state index < -0.39 is 0 Å². The molecule has 1 N–H and O–H groups in total. The Kier molecular flexibility index (Phi) is 4.62. The summed E-state index contributed by atoms with van der Waals surface area (Å²) in [6.45, 7) is 2.30. The van der Waals surface area contributed by atoms with Crippen LogP contribution in [0.25, 0.3) is 43.5 Å². The van der Waals surface area contributed by atoms with E-state index in [4.69, 9.17) is 9.40 Å². The lowest BCUT2D eigenvalue weighted by Crippen LogP contribution is -2.29. The van der Waals surface area contributed by atoms with Crippen LogP contribution in [0.4, 0.5) is 0 Å². The highest BCUT2D eigenvalue weighted by Crippen LogP contribution is 2.39. The second kappa shape index (κ2) is 7.17. The molecular weight excluding hydrogens is 402 g/mol. The van der Waals surface area contributed by atoms with Crippen molar-refractivity contribution in [1.29, 1.82) is 0 Å². The molecule has 0 spiro atoms. The van der Waals surface area contributed by atoms with Crippen molar-refractivity contribution in [2.24, 2.45) is 0 Å². The molecule has 5 aromatic rings. The molecule has 0 amide bonds. The van der Waals surface area contributed by atoms with Crippen molar-refractivity contribution < 1.29 is 4.42 Å². The van der Waals surface area contributed by atoms with E-state index in [2.05, 4.69) is 58.8 Å². The van der Waals surface area contributed by atoms with Gasteiger partial charge in [-0.1, -0.05) is 18.2 Å². The summed E-state index contributed by atoms with van der Waals surface area (Å²) >= 11 is 1.74. The largest absolute Gasteiger partial charge is 0.436 e. The molecule has 0 aliphatic carbocycles. The minimum atomic E-state index is 0. The quantitative estimate of drug-likeness (QED) is 0.356. The zero-order chi connectivity index (χ0) is 18.7. The Morgan fingerprint density at radius 2 is 1.97 bits per heavy atom. The third kappa shape index (κ3) is 2.96. The molecule has 1 aliphatic rings. The number of hydrogen-bond donors (Lipinski definition) is 1. The first-order chi connectivity index (χ1) is 13.8. The molecule has 0 atom stereocenters. The summed E-state index contributed by atoms with van der Waals surface area (Å²) in [6.07, 6.45) is 4.58. The number of piperidine rings is 1. The summed E-state index contributed by atoms with van der Waals surface area (Å²) in [6, 6.07) is 12.6. The third-order valence-electron chi connectivity index (χ3n) is 6.10. The van der Waals surface area contributed by atoms with Crippen LogP contribution in [-0.2, 0) is 0 Å². The van der Waals surface area contributed by atoms with E-state index in [1.165, 1.54) is 33.9 Å². The topological polar surface area (TPSA) is 45.1 Å². The number of H-pyrrole nitrogens is 1. The Morgan fingerprint density at radius 3 is 2.83 bits per heavy atom. The van der Waals surface area contributed by atoms with E-state index in [0.717, 1.165) is 41.2 Å². The standard InChI is InChI=1S/C23H21N3OS.ClH/c1-26-10-8-14(9-11-26)16-12-24-18-6-7-19-22(21(16)18)25-23(27-19)17-13-28-20-5-3-2-4-15(17)20;/h2-7,12-14,24H,8-11H2,1H3;1H. The number of rotatable bonds is 2. The maximum absolute atomic E-state index is 6.23. The number of fused-ring (bicyclic) bond motifs is 4. The van der Waals surface area contributed by atoms with Gasteiger partial charge in [0.1, 0.15) is 5.52 Å². The Morgan fingerprint density at radius 1 is 1.14 bits per heavy atom. The van der Waals surface area contributed by atoms with Gasteiger partial charge in [0.2, 0.25) is 5.89 Å². The number of nitrogens with zero attached hydrogens (tertiary/aromatic N) is 2. The summed E-state index contributed by atoms with van der Waals surface area (Å²) in [5.41, 5.74) is 5.48. The number of aromatic amines is 1. The third-order valence-corrected chi connectivity index (χ3v) is 7.07. The second-order valence-electron chi connectivity index (χ2n) is 7.82. The number of likely N-dealkylation sites (tertiary alicyclic amines) is 1. The molecule has 29 heavy (non-hydrogen) atoms. The van der Waals surface area contributed by atoms with Crippen LogP contribution in [0.3, 0.4) is 0 Å². The molecule has 1 fully saturated rings. The summed E-state index contributed by atoms with van der Waals surface area (Å²) in [7, 11) is 2.21. The average molecular weight is 424 g/mol. The van der Waals surface area contributed by atoms with Crippen molar-refractivity contribution in [2.75, 3.05) is 20.1 Å². The molecule has 4 heterocycles. The monoisotopic (exact) mass is 423 g/mol. The molecule has 6 heteroatoms. The zero-order valence-electron chi connectivity index (χ0n) is 16.1. The Hall–Kier alpha value is -2.34. The van der Waals surface area contributed by atoms with Crippen molar-refractivity contribution in [3.8, 4) is 11.5 Å². The number of halogens is 1. The fourth-order valence-electron chi connectivity index (χ4n) is 4.53. The maximum Gasteiger partial charge on any atom is 0.228 e. The molecule has 1 aliphatic heterocycles. The SMILES string of the molecule is CN1CCC(c2c[nH]c3ccc4oc(-c5csc6ccccc56)nc4c23)CC1.Cl. The van der Waals surface area contributed by atoms with Crippen LogP contribution in [0.1, 0.15) is 24.3 Å². The Bertz CT molecular complexity index is 1310. The van der Waals surface area contributed by atoms with Crippen molar-refractivity contribution in [3.05, 3.63) is 53.5 Å². The van der Waals surface area contributed by atoms with Gasteiger partial charge in [-0.2, -0.15) is 0 Å². The van der Waals surface area contributed by atoms with Gasteiger partial charge in [0.05, 0.1) is 5.56 Å². The van der Waals surface area contributed by atoms with Crippen LogP contribution >= 0.6 is 23.7 Å². The highest BCUT2D eigenvalue weighted by Gasteiger charge is 2.24. The van der Waals surface area contributed by atoms with Crippen LogP contribution in [-0.4, -0.2) is 35.0 Å². The van der Waals surface area contributed by atoms with Crippen molar-refractivity contribution in [1.82, 2.24) is 14.9 Å². The summed E-state index contributed by atoms with van der Waals surface area (Å²) < 4.78 is 7.49. The van der Waals surface area contributed by atoms with E-state index in [-0.39, 0.29) is 12.4 Å². The number of nitrogens with one attached hydrogen (secondary N) is 1. The number of thiophene rings is 1. The predicted octanol–water partition coefficient (Wildman–Crippen LogP) is 6.42. The van der Waals surface area contributed by atoms with Crippen molar-refractivity contribution >= 4 is 55.8 Å². The highest BCUT2D eigenvalue weighted by atomic mass is 35.5. The summed E-state index contributed by atoms with van der Waals surface area (Å²) in [5.74, 6) is 1.30. The van der Waals surface area contributed by atoms with Gasteiger partial charge in [0.25, 0.3) is 0 Å². The first-order valence-corrected chi connectivity index (χ1v) is 10.7. The van der Waals surface area contributed by atoms with Gasteiger partial charge in [0.15, 0.2) is 5.58 Å². The first-order valence-electron chi connectivity index (χ1n) is 9.83. The minimum absolute atomic E-state index is 0. The van der Waals surface area contributed by atoms with E-state index in [1.54, 1.807) is 11.3 Å². The smallest absolute Gasteiger partial charge is 0.228 e. The molecule has 6 rings (SSSR count). The normalized spacial score (nSPS) is 16.0. The van der Waals surface area contributed by atoms with Gasteiger partial charge in [-0.15, -0.1) is 23.7 Å². The number of benzene rings is 2. The average Bonchev–Trinajstić information content (AvgIpc) is 3.43. The van der Waals surface area contributed by atoms with Gasteiger partial charge < -0.3 is 14.3 Å². The molecular formula is C23H22ClN3OS. The second-order valence-corrected chi connectivity index (χ2v) is 8.73. The lowest BCUT2D eigenvalue weighted by atomic mass is 9.89. The van der Waals surface area contributed by atoms with E-state index in [0.29, 0.717) is 5.92 Å². The maximum atomic E-state index is 6.23. The van der Waals surface area contributed by atoms with Gasteiger partial charge in [-0.3, -0.25) is 0 Å². The van der Waals surface area contributed by atoms with Gasteiger partial charge in [-0.25, -0.2) is 4.98 Å². The van der Waals surface area contributed by atoms with Gasteiger partial charge in [0, 0.05) is 32.6 Å². The predicted molar refractivity (Wildman–Crippen MR) is 123 cm³/mol. The van der Waals surface area contributed by atoms with Crippen LogP contribution in [0.15, 0.2) is 52.4 Å². The highest BCUT2D eigenvalue weighted by molar-refractivity contribution is 7.17. The Balaban J connectivity index is 0.00000181. The first kappa shape index (κ1) is 18.7. The van der Waals surface area contributed by atoms with Crippen LogP contribution in [0.5, 0.6) is 0 Å². The van der Waals surface area contributed by atoms with Gasteiger partial charge >= 0.3 is 0 Å². The minimum Gasteiger partial charge on any atom is -0.436 e. The van der Waals surface area contributed by atoms with E-state index in [1.807, 2.05) is 6.07 Å². The zero-order valence-corrected chi connectivity index (χ0v) is 17.8. The molecule has 2 aromatic carbocycles. The summed E-state index contributed by atoms with van der Waals surface area (Å²) in [5, 5.41) is 4.60. The molecule has 0 saturated carbocycles. The lowest BCUT2D eigenvalue weighted by molar-refractivity contribution is 0.256. The molecule has 4 nitrogen and oxygen atoms in total. The van der Waals surface area contributed by atoms with Crippen LogP contribution in [0.2, 0.25) is 0 Å². The fourth-order valence-corrected chi connectivity index (χ4v) is 5.47. The number of aromatic nitrogens is 2. The summed E-state index contributed by atoms with van der Waals surface area (Å²) in [4.78, 5) is 10.9. The number of oxazole rings is 1. The van der Waals surface area contributed by atoms with Crippen LogP contribution < -0.4 is 0 Å². The fraction of sp³-hybridized carbons (Fsp3) is 0.261.